The number of hydrogen-bond donors (Lipinski definition) is 2. The first-order valence-electron chi connectivity index (χ1n) is 2.18. The van der Waals surface area contributed by atoms with Crippen molar-refractivity contribution in [1.82, 2.24) is 0 Å². The molecule has 10 heavy (non-hydrogen) atoms. The molecule has 5 heteroatoms. The minimum atomic E-state index is -1.24. The molecule has 0 fully saturated rings. The van der Waals surface area contributed by atoms with E-state index in [1.807, 2.05) is 0 Å². The van der Waals surface area contributed by atoms with Crippen LogP contribution in [0.15, 0.2) is 11.6 Å². The van der Waals surface area contributed by atoms with Crippen molar-refractivity contribution in [2.24, 2.45) is 0 Å². The Balaban J connectivity index is -0.000000107. The zero-order valence-electron chi connectivity index (χ0n) is 7.50. The number of aliphatic carboxylic acids is 2. The van der Waals surface area contributed by atoms with Gasteiger partial charge >= 0.3 is 57.4 Å². The molecule has 4 nitrogen and oxygen atoms in total. The smallest absolute Gasteiger partial charge is 1.00 e. The van der Waals surface area contributed by atoms with Gasteiger partial charge in [0, 0.05) is 11.6 Å². The average Bonchev–Trinajstić information content (AvgIpc) is 1.63. The maximum Gasteiger partial charge on any atom is 2.00 e. The second-order valence-electron chi connectivity index (χ2n) is 1.47. The molecule has 0 aliphatic carbocycles. The summed E-state index contributed by atoms with van der Waals surface area (Å²) in [7, 11) is 0. The first-order chi connectivity index (χ1) is 4.04. The summed E-state index contributed by atoms with van der Waals surface area (Å²) in [5.74, 6) is -2.45. The van der Waals surface area contributed by atoms with Gasteiger partial charge in [0.05, 0.1) is 0 Å². The zero-order valence-corrected chi connectivity index (χ0v) is 8.97. The van der Waals surface area contributed by atoms with Gasteiger partial charge in [0.2, 0.25) is 0 Å². The van der Waals surface area contributed by atoms with E-state index in [9.17, 15) is 9.59 Å². The summed E-state index contributed by atoms with van der Waals surface area (Å²) in [6.07, 6.45) is 0.641. The molecule has 0 aromatic rings. The molecule has 0 rings (SSSR count). The van der Waals surface area contributed by atoms with Crippen LogP contribution in [0, 0.1) is 0 Å². The second kappa shape index (κ2) is 5.91. The molecule has 0 heterocycles. The quantitative estimate of drug-likeness (QED) is 0.504. The molecular formula is C5H8O4Sr. The van der Waals surface area contributed by atoms with Crippen molar-refractivity contribution in [2.45, 2.75) is 6.92 Å². The minimum absolute atomic E-state index is 0. The van der Waals surface area contributed by atoms with Gasteiger partial charge in [-0.2, -0.15) is 0 Å². The van der Waals surface area contributed by atoms with Crippen molar-refractivity contribution in [2.75, 3.05) is 0 Å². The molecule has 0 aliphatic heterocycles. The fourth-order valence-corrected chi connectivity index (χ4v) is 0.247. The van der Waals surface area contributed by atoms with Crippen molar-refractivity contribution in [3.63, 3.8) is 0 Å². The molecule has 54 valence electrons. The van der Waals surface area contributed by atoms with Gasteiger partial charge < -0.3 is 13.1 Å². The molecule has 0 aromatic carbocycles. The Morgan fingerprint density at radius 2 is 1.80 bits per heavy atom. The van der Waals surface area contributed by atoms with Crippen LogP contribution in [0.3, 0.4) is 0 Å². The van der Waals surface area contributed by atoms with E-state index in [-0.39, 0.29) is 53.9 Å². The molecule has 0 radical (unpaired) electrons. The monoisotopic (exact) mass is 220 g/mol. The Labute approximate surface area is 97.8 Å². The molecule has 0 bridgehead atoms. The molecule has 0 aliphatic rings. The SMILES string of the molecule is C/C(=C\C(=O)O)C(=O)O.[H-].[H-].[Sr+2]. The van der Waals surface area contributed by atoms with E-state index < -0.39 is 11.9 Å². The molecule has 0 spiro atoms. The van der Waals surface area contributed by atoms with Gasteiger partial charge in [-0.25, -0.2) is 9.59 Å². The predicted molar refractivity (Wildman–Crippen MR) is 37.0 cm³/mol. The van der Waals surface area contributed by atoms with E-state index in [1.54, 1.807) is 0 Å². The summed E-state index contributed by atoms with van der Waals surface area (Å²) in [5, 5.41) is 16.1. The van der Waals surface area contributed by atoms with Crippen LogP contribution in [0.5, 0.6) is 0 Å². The summed E-state index contributed by atoms with van der Waals surface area (Å²) < 4.78 is 0. The van der Waals surface area contributed by atoms with Gasteiger partial charge in [-0.3, -0.25) is 0 Å². The van der Waals surface area contributed by atoms with Crippen LogP contribution >= 0.6 is 0 Å². The summed E-state index contributed by atoms with van der Waals surface area (Å²) in [6.45, 7) is 1.22. The summed E-state index contributed by atoms with van der Waals surface area (Å²) in [6, 6.07) is 0. The van der Waals surface area contributed by atoms with Crippen molar-refractivity contribution in [1.29, 1.82) is 0 Å². The normalized spacial score (nSPS) is 9.90. The van der Waals surface area contributed by atoms with Crippen LogP contribution in [-0.4, -0.2) is 67.6 Å². The molecule has 0 saturated heterocycles. The first-order valence-corrected chi connectivity index (χ1v) is 2.18. The van der Waals surface area contributed by atoms with Crippen molar-refractivity contribution < 1.29 is 22.7 Å². The van der Waals surface area contributed by atoms with E-state index >= 15 is 0 Å². The Morgan fingerprint density at radius 3 is 1.90 bits per heavy atom. The van der Waals surface area contributed by atoms with E-state index in [4.69, 9.17) is 10.2 Å². The summed E-state index contributed by atoms with van der Waals surface area (Å²) >= 11 is 0. The van der Waals surface area contributed by atoms with Crippen LogP contribution in [0.4, 0.5) is 0 Å². The van der Waals surface area contributed by atoms with Gasteiger partial charge in [-0.1, -0.05) is 0 Å². The fraction of sp³-hybridized carbons (Fsp3) is 0.200. The number of rotatable bonds is 2. The molecule has 0 unspecified atom stereocenters. The number of carboxylic acids is 2. The third-order valence-corrected chi connectivity index (χ3v) is 0.677. The fourth-order valence-electron chi connectivity index (χ4n) is 0.247. The Hall–Kier alpha value is 0.161. The Bertz CT molecular complexity index is 180. The minimum Gasteiger partial charge on any atom is -1.00 e. The van der Waals surface area contributed by atoms with Crippen LogP contribution in [-0.2, 0) is 9.59 Å². The largest absolute Gasteiger partial charge is 2.00 e. The molecule has 2 N–H and O–H groups in total. The third-order valence-electron chi connectivity index (χ3n) is 0.677. The van der Waals surface area contributed by atoms with Crippen LogP contribution < -0.4 is 0 Å². The van der Waals surface area contributed by atoms with Gasteiger partial charge in [0.1, 0.15) is 0 Å². The van der Waals surface area contributed by atoms with Gasteiger partial charge in [0.15, 0.2) is 0 Å². The Kier molecular flexibility index (Phi) is 7.57. The van der Waals surface area contributed by atoms with Crippen molar-refractivity contribution in [3.05, 3.63) is 11.6 Å². The van der Waals surface area contributed by atoms with Crippen molar-refractivity contribution >= 4 is 57.4 Å². The number of hydrogen-bond acceptors (Lipinski definition) is 2. The molecule has 0 saturated carbocycles. The predicted octanol–water partition coefficient (Wildman–Crippen LogP) is -0.0539. The third kappa shape index (κ3) is 6.28. The van der Waals surface area contributed by atoms with Gasteiger partial charge in [0.25, 0.3) is 0 Å². The Morgan fingerprint density at radius 1 is 1.40 bits per heavy atom. The van der Waals surface area contributed by atoms with E-state index in [0.717, 1.165) is 0 Å². The topological polar surface area (TPSA) is 74.6 Å². The summed E-state index contributed by atoms with van der Waals surface area (Å²) in [5.41, 5.74) is -0.178. The van der Waals surface area contributed by atoms with E-state index in [2.05, 4.69) is 0 Å². The van der Waals surface area contributed by atoms with Gasteiger partial charge in [-0.05, 0) is 6.92 Å². The number of carboxylic acid groups (broad SMARTS) is 2. The van der Waals surface area contributed by atoms with E-state index in [1.165, 1.54) is 6.92 Å². The zero-order chi connectivity index (χ0) is 7.44. The first kappa shape index (κ1) is 12.8. The molecular weight excluding hydrogens is 212 g/mol. The maximum absolute atomic E-state index is 9.90. The van der Waals surface area contributed by atoms with Crippen LogP contribution in [0.25, 0.3) is 0 Å². The second-order valence-corrected chi connectivity index (χ2v) is 1.47. The van der Waals surface area contributed by atoms with E-state index in [0.29, 0.717) is 6.08 Å². The molecule has 0 atom stereocenters. The molecule has 0 amide bonds. The van der Waals surface area contributed by atoms with Gasteiger partial charge in [-0.15, -0.1) is 0 Å². The standard InChI is InChI=1S/C5H6O4.Sr.2H/c1-3(5(8)9)2-4(6)7;;;/h2H,1H3,(H,6,7)(H,8,9);;;/q;+2;2*-1/b3-2+;;;. The maximum atomic E-state index is 9.90. The number of carbonyl (C=O) groups is 2. The average molecular weight is 220 g/mol. The van der Waals surface area contributed by atoms with Crippen LogP contribution in [0.2, 0.25) is 0 Å². The molecule has 0 aromatic heterocycles. The van der Waals surface area contributed by atoms with Crippen molar-refractivity contribution in [3.8, 4) is 0 Å². The summed E-state index contributed by atoms with van der Waals surface area (Å²) in [4.78, 5) is 19.7. The van der Waals surface area contributed by atoms with Crippen LogP contribution in [0.1, 0.15) is 9.78 Å².